The molecule has 0 unspecified atom stereocenters. The molecule has 1 aliphatic rings. The van der Waals surface area contributed by atoms with Gasteiger partial charge in [0, 0.05) is 50.1 Å². The highest BCUT2D eigenvalue weighted by atomic mass is 32.2. The van der Waals surface area contributed by atoms with Crippen LogP contribution in [0.25, 0.3) is 22.4 Å². The molecule has 0 N–H and O–H groups in total. The lowest BCUT2D eigenvalue weighted by Crippen LogP contribution is -2.37. The molecule has 0 saturated heterocycles. The molecule has 0 atom stereocenters. The number of rotatable bonds is 15. The minimum atomic E-state index is -0.190. The van der Waals surface area contributed by atoms with E-state index in [4.69, 9.17) is 4.74 Å². The number of carbonyl (C=O) groups is 3. The van der Waals surface area contributed by atoms with Crippen molar-refractivity contribution in [3.63, 3.8) is 0 Å². The Hall–Kier alpha value is -3.10. The van der Waals surface area contributed by atoms with Gasteiger partial charge in [-0.2, -0.15) is 4.57 Å². The van der Waals surface area contributed by atoms with Crippen molar-refractivity contribution in [2.24, 2.45) is 0 Å². The number of thiazole rings is 2. The van der Waals surface area contributed by atoms with Gasteiger partial charge in [0.15, 0.2) is 16.8 Å². The second kappa shape index (κ2) is 18.4. The molecule has 8 nitrogen and oxygen atoms in total. The molecule has 0 radical (unpaired) electrons. The zero-order chi connectivity index (χ0) is 35.6. The number of anilines is 1. The van der Waals surface area contributed by atoms with Crippen molar-refractivity contribution in [3.05, 3.63) is 84.2 Å². The average molecular weight is 769 g/mol. The Morgan fingerprint density at radius 2 is 1.64 bits per heavy atom. The molecule has 2 aromatic carbocycles. The van der Waals surface area contributed by atoms with Crippen LogP contribution >= 0.6 is 58.0 Å². The molecule has 0 fully saturated rings. The number of benzene rings is 2. The van der Waals surface area contributed by atoms with Crippen LogP contribution in [0.1, 0.15) is 58.4 Å². The summed E-state index contributed by atoms with van der Waals surface area (Å²) in [4.78, 5) is 52.8. The first-order valence-corrected chi connectivity index (χ1v) is 21.1. The van der Waals surface area contributed by atoms with Crippen LogP contribution in [0, 0.1) is 0 Å². The van der Waals surface area contributed by atoms with E-state index < -0.39 is 0 Å². The Morgan fingerprint density at radius 1 is 0.900 bits per heavy atom. The van der Waals surface area contributed by atoms with Gasteiger partial charge in [-0.1, -0.05) is 77.3 Å². The van der Waals surface area contributed by atoms with Crippen LogP contribution in [-0.2, 0) is 32.2 Å². The number of carbonyl (C=O) groups excluding carboxylic acids is 3. The van der Waals surface area contributed by atoms with Gasteiger partial charge >= 0.3 is 5.97 Å². The number of thioether (sulfide) groups is 3. The average Bonchev–Trinajstić information content (AvgIpc) is 3.70. The molecular weight excluding hydrogens is 727 g/mol. The molecule has 13 heteroatoms. The maximum Gasteiger partial charge on any atom is 0.306 e. The molecular formula is C37H42N3O5S5+. The van der Waals surface area contributed by atoms with Crippen LogP contribution in [0.4, 0.5) is 5.69 Å². The number of hydrogen-bond acceptors (Lipinski definition) is 11. The third-order valence-electron chi connectivity index (χ3n) is 7.70. The largest absolute Gasteiger partial charge is 0.463 e. The van der Waals surface area contributed by atoms with E-state index in [-0.39, 0.29) is 27.9 Å². The van der Waals surface area contributed by atoms with Gasteiger partial charge in [0.05, 0.1) is 33.2 Å². The van der Waals surface area contributed by atoms with Crippen LogP contribution in [0.3, 0.4) is 0 Å². The number of para-hydroxylation sites is 2. The standard InChI is InChI=1S/C37H42N3O5S5/c1-25(2)45-36(43)16-6-5-11-19-40-35(24-34-39(21-23-47-27(4)42)29-13-8-10-15-31(29)49-34)50-32(37(40)44)17-18-33-38(20-22-46-26(3)41)28-12-7-9-14-30(28)48-33/h7-10,12-15,17-18,24-25H,5-6,11,16,19-23H2,1-4H3/q+1. The Kier molecular flexibility index (Phi) is 14.0. The van der Waals surface area contributed by atoms with Crippen LogP contribution in [0.5, 0.6) is 0 Å². The lowest BCUT2D eigenvalue weighted by molar-refractivity contribution is -0.664. The minimum Gasteiger partial charge on any atom is -0.463 e. The highest BCUT2D eigenvalue weighted by Crippen LogP contribution is 2.45. The predicted octanol–water partition coefficient (Wildman–Crippen LogP) is 6.55. The molecule has 0 saturated carbocycles. The van der Waals surface area contributed by atoms with Crippen molar-refractivity contribution in [1.29, 1.82) is 0 Å². The summed E-state index contributed by atoms with van der Waals surface area (Å²) in [5, 5.41) is 2.22. The number of allylic oxidation sites excluding steroid dienone is 1. The number of esters is 1. The minimum absolute atomic E-state index is 0.0451. The number of unbranched alkanes of at least 4 members (excludes halogenated alkanes) is 2. The zero-order valence-electron chi connectivity index (χ0n) is 28.7. The van der Waals surface area contributed by atoms with Crippen molar-refractivity contribution in [2.45, 2.75) is 77.5 Å². The number of hydrogen-bond donors (Lipinski definition) is 0. The number of aromatic nitrogens is 2. The van der Waals surface area contributed by atoms with Gasteiger partial charge in [-0.05, 0) is 57.0 Å². The summed E-state index contributed by atoms with van der Waals surface area (Å²) in [5.41, 5.74) is 2.16. The fourth-order valence-corrected chi connectivity index (χ4v) is 9.95. The first-order chi connectivity index (χ1) is 24.1. The highest BCUT2D eigenvalue weighted by molar-refractivity contribution is 8.13. The van der Waals surface area contributed by atoms with E-state index in [9.17, 15) is 19.2 Å². The molecule has 5 rings (SSSR count). The van der Waals surface area contributed by atoms with Gasteiger partial charge in [0.2, 0.25) is 5.52 Å². The second-order valence-corrected chi connectivity index (χ2v) is 17.6. The fraction of sp³-hybridized carbons (Fsp3) is 0.378. The van der Waals surface area contributed by atoms with E-state index in [1.807, 2.05) is 54.8 Å². The Balaban J connectivity index is 1.50. The van der Waals surface area contributed by atoms with Crippen molar-refractivity contribution in [3.8, 4) is 0 Å². The first kappa shape index (κ1) is 38.1. The van der Waals surface area contributed by atoms with Gasteiger partial charge < -0.3 is 9.64 Å². The number of fused-ring (bicyclic) bond motifs is 2. The van der Waals surface area contributed by atoms with Crippen molar-refractivity contribution < 1.29 is 23.7 Å². The lowest BCUT2D eigenvalue weighted by Gasteiger charge is -2.19. The van der Waals surface area contributed by atoms with E-state index in [0.717, 1.165) is 48.3 Å². The van der Waals surface area contributed by atoms with Crippen molar-refractivity contribution in [2.75, 3.05) is 23.0 Å². The van der Waals surface area contributed by atoms with Gasteiger partial charge in [-0.15, -0.1) is 11.3 Å². The Labute approximate surface area is 313 Å². The van der Waals surface area contributed by atoms with E-state index in [1.165, 1.54) is 34.9 Å². The van der Waals surface area contributed by atoms with E-state index in [2.05, 4.69) is 39.8 Å². The summed E-state index contributed by atoms with van der Waals surface area (Å²) >= 11 is 7.44. The van der Waals surface area contributed by atoms with E-state index in [0.29, 0.717) is 48.5 Å². The smallest absolute Gasteiger partial charge is 0.306 e. The van der Waals surface area contributed by atoms with Gasteiger partial charge in [0.1, 0.15) is 9.36 Å². The topological polar surface area (TPSA) is 89.6 Å². The number of ether oxygens (including phenoxy) is 1. The van der Waals surface area contributed by atoms with Crippen molar-refractivity contribution in [1.82, 2.24) is 4.57 Å². The van der Waals surface area contributed by atoms with E-state index >= 15 is 0 Å². The lowest BCUT2D eigenvalue weighted by atomic mass is 10.2. The third-order valence-corrected chi connectivity index (χ3v) is 12.6. The summed E-state index contributed by atoms with van der Waals surface area (Å²) in [6.07, 6.45) is 8.53. The second-order valence-electron chi connectivity index (χ2n) is 11.9. The monoisotopic (exact) mass is 768 g/mol. The third kappa shape index (κ3) is 10.2. The van der Waals surface area contributed by atoms with E-state index in [1.54, 1.807) is 36.9 Å². The normalized spacial score (nSPS) is 14.3. The Bertz CT molecular complexity index is 2060. The first-order valence-electron chi connectivity index (χ1n) is 16.7. The quantitative estimate of drug-likeness (QED) is 0.0760. The maximum absolute atomic E-state index is 14.0. The molecule has 2 aromatic heterocycles. The number of nitrogens with zero attached hydrogens (tertiary/aromatic N) is 3. The SMILES string of the molecule is CC(=O)SCCN1C(=CC=c2s/c(=C/c3sc4ccccc4[n+]3CCSC(C)=O)n(CCCCCC(=O)OC(C)C)c2=O)Sc2ccccc21. The molecule has 3 heterocycles. The molecule has 264 valence electrons. The molecule has 0 aliphatic carbocycles. The van der Waals surface area contributed by atoms with Crippen LogP contribution in [0.15, 0.2) is 69.3 Å². The maximum atomic E-state index is 14.0. The van der Waals surface area contributed by atoms with Gasteiger partial charge in [-0.3, -0.25) is 23.7 Å². The molecule has 1 aliphatic heterocycles. The molecule has 50 heavy (non-hydrogen) atoms. The summed E-state index contributed by atoms with van der Waals surface area (Å²) in [6.45, 7) is 8.76. The van der Waals surface area contributed by atoms with Gasteiger partial charge in [-0.25, -0.2) is 0 Å². The Morgan fingerprint density at radius 3 is 2.42 bits per heavy atom. The van der Waals surface area contributed by atoms with Crippen LogP contribution in [0.2, 0.25) is 0 Å². The van der Waals surface area contributed by atoms with Crippen LogP contribution < -0.4 is 24.2 Å². The predicted molar refractivity (Wildman–Crippen MR) is 212 cm³/mol. The van der Waals surface area contributed by atoms with Crippen molar-refractivity contribution >= 4 is 102 Å². The molecule has 0 spiro atoms. The summed E-state index contributed by atoms with van der Waals surface area (Å²) in [6, 6.07) is 16.5. The molecule has 0 amide bonds. The summed E-state index contributed by atoms with van der Waals surface area (Å²) in [5.74, 6) is 1.14. The van der Waals surface area contributed by atoms with Gasteiger partial charge in [0.25, 0.3) is 10.6 Å². The number of aryl methyl sites for hydroxylation is 1. The molecule has 4 aromatic rings. The van der Waals surface area contributed by atoms with Crippen LogP contribution in [-0.4, -0.2) is 44.9 Å². The zero-order valence-corrected chi connectivity index (χ0v) is 32.8. The summed E-state index contributed by atoms with van der Waals surface area (Å²) in [7, 11) is 0. The summed E-state index contributed by atoms with van der Waals surface area (Å²) < 4.78 is 12.0. The highest BCUT2D eigenvalue weighted by Gasteiger charge is 2.24. The fourth-order valence-electron chi connectivity index (χ4n) is 5.52. The molecule has 0 bridgehead atoms.